The maximum atomic E-state index is 11.0. The van der Waals surface area contributed by atoms with Gasteiger partial charge in [-0.3, -0.25) is 9.69 Å². The first-order valence-electron chi connectivity index (χ1n) is 7.46. The maximum absolute atomic E-state index is 11.0. The molecule has 0 aliphatic heterocycles. The van der Waals surface area contributed by atoms with E-state index < -0.39 is 0 Å². The lowest BCUT2D eigenvalue weighted by Gasteiger charge is -2.12. The molecule has 0 rings (SSSR count). The minimum atomic E-state index is -0.0200. The first-order chi connectivity index (χ1) is 8.72. The lowest BCUT2D eigenvalue weighted by atomic mass is 10.1. The molecule has 0 fully saturated rings. The molecule has 0 aromatic rings. The number of carbonyl (C=O) groups excluding carboxylic acids is 1. The summed E-state index contributed by atoms with van der Waals surface area (Å²) in [5.41, 5.74) is 0. The van der Waals surface area contributed by atoms with Crippen LogP contribution in [0.4, 0.5) is 0 Å². The number of terminal acetylenes is 1. The van der Waals surface area contributed by atoms with Crippen molar-refractivity contribution in [2.45, 2.75) is 78.1 Å². The Morgan fingerprint density at radius 3 is 1.78 bits per heavy atom. The smallest absolute Gasteiger partial charge is 0.230 e. The number of amides is 1. The van der Waals surface area contributed by atoms with Crippen molar-refractivity contribution >= 4 is 5.91 Å². The van der Waals surface area contributed by atoms with Crippen LogP contribution in [0.25, 0.3) is 0 Å². The van der Waals surface area contributed by atoms with Gasteiger partial charge in [-0.05, 0) is 6.42 Å². The van der Waals surface area contributed by atoms with Crippen LogP contribution in [0.15, 0.2) is 0 Å². The van der Waals surface area contributed by atoms with Gasteiger partial charge < -0.3 is 0 Å². The summed E-state index contributed by atoms with van der Waals surface area (Å²) in [6.07, 6.45) is 18.3. The van der Waals surface area contributed by atoms with Crippen molar-refractivity contribution in [1.82, 2.24) is 4.90 Å². The van der Waals surface area contributed by atoms with Crippen molar-refractivity contribution in [2.24, 2.45) is 0 Å². The molecular formula is C16H29NO. The van der Waals surface area contributed by atoms with Crippen LogP contribution in [0.3, 0.4) is 0 Å². The Morgan fingerprint density at radius 1 is 0.944 bits per heavy atom. The Bertz CT molecular complexity index is 242. The van der Waals surface area contributed by atoms with E-state index >= 15 is 0 Å². The quantitative estimate of drug-likeness (QED) is 0.304. The molecule has 104 valence electrons. The Kier molecular flexibility index (Phi) is 11.8. The summed E-state index contributed by atoms with van der Waals surface area (Å²) in [5.74, 6) is -0.0200. The summed E-state index contributed by atoms with van der Waals surface area (Å²) in [6.45, 7) is 4.49. The van der Waals surface area contributed by atoms with Crippen molar-refractivity contribution in [3.05, 3.63) is 0 Å². The average molecular weight is 251 g/mol. The Balaban J connectivity index is 3.21. The zero-order valence-corrected chi connectivity index (χ0v) is 12.2. The van der Waals surface area contributed by atoms with Crippen LogP contribution in [0, 0.1) is 12.5 Å². The predicted molar refractivity (Wildman–Crippen MR) is 78.1 cm³/mol. The third kappa shape index (κ3) is 10.2. The molecule has 2 nitrogen and oxygen atoms in total. The standard InChI is InChI=1S/C16H29NO/c1-4-6-7-8-9-10-11-12-13-14-15-17(5-2)16(3)18/h2H,4,6-15H2,1,3H3. The minimum Gasteiger partial charge on any atom is -0.274 e. The SMILES string of the molecule is C#CN(CCCCCCCCCCCC)C(C)=O. The number of hydrogen-bond acceptors (Lipinski definition) is 1. The van der Waals surface area contributed by atoms with Crippen molar-refractivity contribution in [3.8, 4) is 12.5 Å². The monoisotopic (exact) mass is 251 g/mol. The summed E-state index contributed by atoms with van der Waals surface area (Å²) in [7, 11) is 0. The molecule has 0 atom stereocenters. The summed E-state index contributed by atoms with van der Waals surface area (Å²) in [6, 6.07) is 2.42. The number of hydrogen-bond donors (Lipinski definition) is 0. The highest BCUT2D eigenvalue weighted by Crippen LogP contribution is 2.10. The van der Waals surface area contributed by atoms with E-state index in [2.05, 4.69) is 13.0 Å². The fourth-order valence-electron chi connectivity index (χ4n) is 2.07. The molecule has 0 aromatic heterocycles. The minimum absolute atomic E-state index is 0.0200. The van der Waals surface area contributed by atoms with E-state index in [0.29, 0.717) is 6.54 Å². The van der Waals surface area contributed by atoms with Gasteiger partial charge in [0.05, 0.1) is 0 Å². The van der Waals surface area contributed by atoms with E-state index in [1.54, 1.807) is 0 Å². The Morgan fingerprint density at radius 2 is 1.39 bits per heavy atom. The van der Waals surface area contributed by atoms with Gasteiger partial charge in [0, 0.05) is 19.5 Å². The first-order valence-corrected chi connectivity index (χ1v) is 7.46. The fourth-order valence-corrected chi connectivity index (χ4v) is 2.07. The third-order valence-corrected chi connectivity index (χ3v) is 3.27. The molecule has 0 aliphatic rings. The molecule has 0 aliphatic carbocycles. The van der Waals surface area contributed by atoms with Gasteiger partial charge in [-0.1, -0.05) is 71.1 Å². The van der Waals surface area contributed by atoms with E-state index in [-0.39, 0.29) is 5.91 Å². The topological polar surface area (TPSA) is 20.3 Å². The van der Waals surface area contributed by atoms with Crippen molar-refractivity contribution in [2.75, 3.05) is 6.54 Å². The Labute approximate surface area is 113 Å². The fraction of sp³-hybridized carbons (Fsp3) is 0.812. The van der Waals surface area contributed by atoms with Crippen LogP contribution in [0.1, 0.15) is 78.1 Å². The van der Waals surface area contributed by atoms with Gasteiger partial charge in [0.25, 0.3) is 0 Å². The van der Waals surface area contributed by atoms with Gasteiger partial charge in [-0.25, -0.2) is 0 Å². The van der Waals surface area contributed by atoms with Crippen LogP contribution >= 0.6 is 0 Å². The van der Waals surface area contributed by atoms with Crippen LogP contribution in [0.5, 0.6) is 0 Å². The molecule has 1 amide bonds. The van der Waals surface area contributed by atoms with Gasteiger partial charge in [0.15, 0.2) is 0 Å². The van der Waals surface area contributed by atoms with Crippen molar-refractivity contribution < 1.29 is 4.79 Å². The lowest BCUT2D eigenvalue weighted by molar-refractivity contribution is -0.125. The summed E-state index contributed by atoms with van der Waals surface area (Å²) >= 11 is 0. The molecule has 0 radical (unpaired) electrons. The van der Waals surface area contributed by atoms with Gasteiger partial charge in [-0.15, -0.1) is 0 Å². The highest BCUT2D eigenvalue weighted by atomic mass is 16.2. The van der Waals surface area contributed by atoms with Crippen LogP contribution in [0.2, 0.25) is 0 Å². The molecule has 0 N–H and O–H groups in total. The molecule has 0 saturated carbocycles. The molecule has 0 bridgehead atoms. The molecule has 18 heavy (non-hydrogen) atoms. The highest BCUT2D eigenvalue weighted by molar-refractivity contribution is 5.75. The normalized spacial score (nSPS) is 10.1. The number of rotatable bonds is 11. The van der Waals surface area contributed by atoms with E-state index in [9.17, 15) is 4.79 Å². The zero-order chi connectivity index (χ0) is 13.6. The van der Waals surface area contributed by atoms with Gasteiger partial charge in [0.1, 0.15) is 0 Å². The van der Waals surface area contributed by atoms with Crippen molar-refractivity contribution in [1.29, 1.82) is 0 Å². The number of carbonyl (C=O) groups is 1. The summed E-state index contributed by atoms with van der Waals surface area (Å²) < 4.78 is 0. The molecule has 0 unspecified atom stereocenters. The Hall–Kier alpha value is -0.970. The van der Waals surface area contributed by atoms with Crippen LogP contribution in [-0.2, 0) is 4.79 Å². The third-order valence-electron chi connectivity index (χ3n) is 3.27. The molecule has 2 heteroatoms. The van der Waals surface area contributed by atoms with Crippen LogP contribution in [-0.4, -0.2) is 17.4 Å². The average Bonchev–Trinajstić information content (AvgIpc) is 2.35. The molecular weight excluding hydrogens is 222 g/mol. The summed E-state index contributed by atoms with van der Waals surface area (Å²) in [5, 5.41) is 0. The molecule has 0 saturated heterocycles. The molecule has 0 heterocycles. The maximum Gasteiger partial charge on any atom is 0.230 e. The predicted octanol–water partition coefficient (Wildman–Crippen LogP) is 4.35. The highest BCUT2D eigenvalue weighted by Gasteiger charge is 2.03. The van der Waals surface area contributed by atoms with Gasteiger partial charge in [-0.2, -0.15) is 0 Å². The number of unbranched alkanes of at least 4 members (excludes halogenated alkanes) is 9. The van der Waals surface area contributed by atoms with Crippen molar-refractivity contribution in [3.63, 3.8) is 0 Å². The molecule has 0 aromatic carbocycles. The van der Waals surface area contributed by atoms with Gasteiger partial charge in [0.2, 0.25) is 5.91 Å². The van der Waals surface area contributed by atoms with Crippen LogP contribution < -0.4 is 0 Å². The van der Waals surface area contributed by atoms with E-state index in [1.165, 1.54) is 69.6 Å². The lowest BCUT2D eigenvalue weighted by Crippen LogP contribution is -2.24. The van der Waals surface area contributed by atoms with E-state index in [0.717, 1.165) is 6.42 Å². The second-order valence-electron chi connectivity index (χ2n) is 4.98. The van der Waals surface area contributed by atoms with E-state index in [1.807, 2.05) is 0 Å². The van der Waals surface area contributed by atoms with Gasteiger partial charge >= 0.3 is 0 Å². The number of nitrogens with zero attached hydrogens (tertiary/aromatic N) is 1. The first kappa shape index (κ1) is 17.0. The second-order valence-corrected chi connectivity index (χ2v) is 4.98. The zero-order valence-electron chi connectivity index (χ0n) is 12.2. The second kappa shape index (κ2) is 12.5. The van der Waals surface area contributed by atoms with E-state index in [4.69, 9.17) is 6.42 Å². The largest absolute Gasteiger partial charge is 0.274 e. The summed E-state index contributed by atoms with van der Waals surface area (Å²) in [4.78, 5) is 12.5. The molecule has 0 spiro atoms.